The van der Waals surface area contributed by atoms with Crippen molar-refractivity contribution in [2.24, 2.45) is 0 Å². The Balaban J connectivity index is 1.81. The van der Waals surface area contributed by atoms with Gasteiger partial charge in [-0.05, 0) is 12.8 Å². The van der Waals surface area contributed by atoms with E-state index in [9.17, 15) is 0 Å². The quantitative estimate of drug-likeness (QED) is 0.830. The summed E-state index contributed by atoms with van der Waals surface area (Å²) in [6, 6.07) is 2.04. The van der Waals surface area contributed by atoms with Crippen LogP contribution in [0.5, 0.6) is 0 Å². The molecule has 0 radical (unpaired) electrons. The first kappa shape index (κ1) is 12.2. The third-order valence-corrected chi connectivity index (χ3v) is 3.42. The van der Waals surface area contributed by atoms with Gasteiger partial charge in [0, 0.05) is 19.2 Å². The Morgan fingerprint density at radius 3 is 3.00 bits per heavy atom. The van der Waals surface area contributed by atoms with Crippen molar-refractivity contribution in [1.29, 1.82) is 0 Å². The molecule has 2 N–H and O–H groups in total. The minimum absolute atomic E-state index is 0.199. The van der Waals surface area contributed by atoms with Crippen LogP contribution < -0.4 is 10.6 Å². The first-order chi connectivity index (χ1) is 9.22. The average molecular weight is 280 g/mol. The summed E-state index contributed by atoms with van der Waals surface area (Å²) in [5.41, 5.74) is 5.63. The van der Waals surface area contributed by atoms with Crippen LogP contribution in [0.3, 0.4) is 0 Å². The maximum Gasteiger partial charge on any atom is 0.223 e. The normalized spacial score (nSPS) is 19.6. The van der Waals surface area contributed by atoms with Gasteiger partial charge in [-0.15, -0.1) is 0 Å². The molecule has 7 nitrogen and oxygen atoms in total. The highest BCUT2D eigenvalue weighted by Crippen LogP contribution is 2.25. The molecule has 19 heavy (non-hydrogen) atoms. The number of piperidine rings is 1. The fraction of sp³-hybridized carbons (Fsp3) is 0.455. The van der Waals surface area contributed by atoms with E-state index in [1.165, 1.54) is 0 Å². The lowest BCUT2D eigenvalue weighted by Crippen LogP contribution is -2.37. The third kappa shape index (κ3) is 2.60. The van der Waals surface area contributed by atoms with Crippen molar-refractivity contribution >= 4 is 23.4 Å². The molecule has 0 bridgehead atoms. The lowest BCUT2D eigenvalue weighted by atomic mass is 10.1. The molecule has 1 saturated heterocycles. The molecule has 3 heterocycles. The minimum atomic E-state index is 0.199. The number of nitrogens with zero attached hydrogens (tertiary/aromatic N) is 6. The number of hydrogen-bond donors (Lipinski definition) is 1. The smallest absolute Gasteiger partial charge is 0.223 e. The van der Waals surface area contributed by atoms with Gasteiger partial charge in [-0.25, -0.2) is 14.6 Å². The maximum absolute atomic E-state index is 5.92. The van der Waals surface area contributed by atoms with Gasteiger partial charge in [0.15, 0.2) is 0 Å². The topological polar surface area (TPSA) is 85.8 Å². The van der Waals surface area contributed by atoms with Crippen LogP contribution in [0.25, 0.3) is 0 Å². The third-order valence-electron chi connectivity index (χ3n) is 3.23. The summed E-state index contributed by atoms with van der Waals surface area (Å²) in [4.78, 5) is 14.3. The molecule has 1 aliphatic rings. The number of anilines is 2. The molecule has 0 aliphatic carbocycles. The Bertz CT molecular complexity index is 536. The highest BCUT2D eigenvalue weighted by Gasteiger charge is 2.23. The molecular formula is C11H14ClN7. The molecule has 0 amide bonds. The molecule has 2 aromatic rings. The SMILES string of the molecule is Nc1nc(Cl)cc(N2CCCC(n3cncn3)C2)n1. The van der Waals surface area contributed by atoms with Crippen molar-refractivity contribution in [3.05, 3.63) is 23.9 Å². The van der Waals surface area contributed by atoms with Gasteiger partial charge in [0.1, 0.15) is 23.6 Å². The minimum Gasteiger partial charge on any atom is -0.368 e. The van der Waals surface area contributed by atoms with E-state index < -0.39 is 0 Å². The second kappa shape index (κ2) is 5.00. The predicted octanol–water partition coefficient (Wildman–Crippen LogP) is 1.15. The Morgan fingerprint density at radius 1 is 1.37 bits per heavy atom. The van der Waals surface area contributed by atoms with Crippen LogP contribution in [-0.4, -0.2) is 37.8 Å². The molecule has 1 atom stereocenters. The summed E-state index contributed by atoms with van der Waals surface area (Å²) in [6.45, 7) is 1.74. The molecule has 8 heteroatoms. The molecule has 3 rings (SSSR count). The molecule has 100 valence electrons. The summed E-state index contributed by atoms with van der Waals surface area (Å²) in [7, 11) is 0. The van der Waals surface area contributed by atoms with Crippen molar-refractivity contribution in [1.82, 2.24) is 24.7 Å². The highest BCUT2D eigenvalue weighted by atomic mass is 35.5. The second-order valence-corrected chi connectivity index (χ2v) is 4.91. The second-order valence-electron chi connectivity index (χ2n) is 4.52. The highest BCUT2D eigenvalue weighted by molar-refractivity contribution is 6.29. The van der Waals surface area contributed by atoms with Crippen LogP contribution in [-0.2, 0) is 0 Å². The summed E-state index contributed by atoms with van der Waals surface area (Å²) in [5.74, 6) is 0.965. The van der Waals surface area contributed by atoms with E-state index in [0.717, 1.165) is 31.7 Å². The molecule has 0 aromatic carbocycles. The van der Waals surface area contributed by atoms with E-state index in [0.29, 0.717) is 11.2 Å². The van der Waals surface area contributed by atoms with Crippen LogP contribution in [0, 0.1) is 0 Å². The van der Waals surface area contributed by atoms with Gasteiger partial charge in [-0.3, -0.25) is 0 Å². The standard InChI is InChI=1S/C11H14ClN7/c12-9-4-10(17-11(13)16-9)18-3-1-2-8(5-18)19-7-14-6-15-19/h4,6-8H,1-3,5H2,(H2,13,16,17). The molecule has 1 unspecified atom stereocenters. The van der Waals surface area contributed by atoms with E-state index in [4.69, 9.17) is 17.3 Å². The summed E-state index contributed by atoms with van der Waals surface area (Å²) in [6.07, 6.45) is 5.44. The van der Waals surface area contributed by atoms with Crippen molar-refractivity contribution in [2.45, 2.75) is 18.9 Å². The van der Waals surface area contributed by atoms with E-state index >= 15 is 0 Å². The van der Waals surface area contributed by atoms with Gasteiger partial charge < -0.3 is 10.6 Å². The molecule has 2 aromatic heterocycles. The number of aromatic nitrogens is 5. The number of halogens is 1. The lowest BCUT2D eigenvalue weighted by molar-refractivity contribution is 0.374. The van der Waals surface area contributed by atoms with Crippen molar-refractivity contribution in [3.63, 3.8) is 0 Å². The Hall–Kier alpha value is -1.89. The zero-order valence-corrected chi connectivity index (χ0v) is 11.0. The number of nitrogen functional groups attached to an aromatic ring is 1. The van der Waals surface area contributed by atoms with E-state index in [1.807, 2.05) is 4.68 Å². The van der Waals surface area contributed by atoms with E-state index in [1.54, 1.807) is 18.7 Å². The Labute approximate surface area is 115 Å². The van der Waals surface area contributed by atoms with Crippen molar-refractivity contribution < 1.29 is 0 Å². The molecule has 1 aliphatic heterocycles. The molecular weight excluding hydrogens is 266 g/mol. The summed E-state index contributed by atoms with van der Waals surface area (Å²) >= 11 is 5.92. The van der Waals surface area contributed by atoms with Gasteiger partial charge in [0.05, 0.1) is 6.04 Å². The number of hydrogen-bond acceptors (Lipinski definition) is 6. The van der Waals surface area contributed by atoms with E-state index in [-0.39, 0.29) is 5.95 Å². The van der Waals surface area contributed by atoms with E-state index in [2.05, 4.69) is 25.0 Å². The van der Waals surface area contributed by atoms with Crippen LogP contribution in [0.1, 0.15) is 18.9 Å². The first-order valence-electron chi connectivity index (χ1n) is 6.11. The van der Waals surface area contributed by atoms with Crippen molar-refractivity contribution in [2.75, 3.05) is 23.7 Å². The summed E-state index contributed by atoms with van der Waals surface area (Å²) in [5, 5.41) is 4.56. The molecule has 0 spiro atoms. The largest absolute Gasteiger partial charge is 0.368 e. The van der Waals surface area contributed by atoms with Gasteiger partial charge in [-0.2, -0.15) is 10.1 Å². The average Bonchev–Trinajstić information content (AvgIpc) is 2.92. The van der Waals surface area contributed by atoms with Crippen LogP contribution in [0.15, 0.2) is 18.7 Å². The Kier molecular flexibility index (Phi) is 3.20. The van der Waals surface area contributed by atoms with Gasteiger partial charge in [0.2, 0.25) is 5.95 Å². The van der Waals surface area contributed by atoms with Crippen LogP contribution in [0.2, 0.25) is 5.15 Å². The van der Waals surface area contributed by atoms with Crippen molar-refractivity contribution in [3.8, 4) is 0 Å². The number of rotatable bonds is 2. The Morgan fingerprint density at radius 2 is 2.26 bits per heavy atom. The number of nitrogens with two attached hydrogens (primary N) is 1. The van der Waals surface area contributed by atoms with Gasteiger partial charge >= 0.3 is 0 Å². The fourth-order valence-electron chi connectivity index (χ4n) is 2.37. The first-order valence-corrected chi connectivity index (χ1v) is 6.49. The monoisotopic (exact) mass is 279 g/mol. The fourth-order valence-corrected chi connectivity index (χ4v) is 2.55. The van der Waals surface area contributed by atoms with Gasteiger partial charge in [-0.1, -0.05) is 11.6 Å². The predicted molar refractivity (Wildman–Crippen MR) is 72.0 cm³/mol. The lowest BCUT2D eigenvalue weighted by Gasteiger charge is -2.33. The molecule has 0 saturated carbocycles. The molecule has 1 fully saturated rings. The maximum atomic E-state index is 5.92. The zero-order valence-electron chi connectivity index (χ0n) is 10.3. The van der Waals surface area contributed by atoms with Gasteiger partial charge in [0.25, 0.3) is 0 Å². The van der Waals surface area contributed by atoms with Crippen LogP contribution >= 0.6 is 11.6 Å². The zero-order chi connectivity index (χ0) is 13.2. The van der Waals surface area contributed by atoms with Crippen LogP contribution in [0.4, 0.5) is 11.8 Å². The summed E-state index contributed by atoms with van der Waals surface area (Å²) < 4.78 is 1.89.